The van der Waals surface area contributed by atoms with Gasteiger partial charge in [0.2, 0.25) is 0 Å². The Morgan fingerprint density at radius 3 is 2.84 bits per heavy atom. The highest BCUT2D eigenvalue weighted by Gasteiger charge is 2.22. The molecule has 2 aromatic rings. The topological polar surface area (TPSA) is 44.1 Å². The van der Waals surface area contributed by atoms with Crippen LogP contribution in [-0.2, 0) is 4.74 Å². The van der Waals surface area contributed by atoms with Crippen molar-refractivity contribution in [3.63, 3.8) is 0 Å². The van der Waals surface area contributed by atoms with E-state index >= 15 is 0 Å². The van der Waals surface area contributed by atoms with E-state index in [0.29, 0.717) is 16.6 Å². The van der Waals surface area contributed by atoms with Gasteiger partial charge in [-0.3, -0.25) is 4.68 Å². The Kier molecular flexibility index (Phi) is 3.19. The van der Waals surface area contributed by atoms with Crippen LogP contribution in [0.15, 0.2) is 18.3 Å². The third-order valence-corrected chi connectivity index (χ3v) is 3.98. The smallest absolute Gasteiger partial charge is 0.338 e. The summed E-state index contributed by atoms with van der Waals surface area (Å²) in [7, 11) is 1.37. The Morgan fingerprint density at radius 1 is 1.42 bits per heavy atom. The van der Waals surface area contributed by atoms with Crippen molar-refractivity contribution in [1.82, 2.24) is 9.78 Å². The van der Waals surface area contributed by atoms with Crippen LogP contribution in [0.3, 0.4) is 0 Å². The van der Waals surface area contributed by atoms with Gasteiger partial charge in [-0.05, 0) is 25.0 Å². The van der Waals surface area contributed by atoms with Crippen molar-refractivity contribution < 1.29 is 9.53 Å². The number of nitrogens with zero attached hydrogens (tertiary/aromatic N) is 2. The summed E-state index contributed by atoms with van der Waals surface area (Å²) in [5.41, 5.74) is 1.40. The lowest BCUT2D eigenvalue weighted by Crippen LogP contribution is -2.06. The molecule has 0 N–H and O–H groups in total. The van der Waals surface area contributed by atoms with Gasteiger partial charge in [0.1, 0.15) is 0 Å². The van der Waals surface area contributed by atoms with Crippen molar-refractivity contribution >= 4 is 28.5 Å². The second kappa shape index (κ2) is 4.85. The normalized spacial score (nSPS) is 16.1. The molecule has 1 fully saturated rings. The van der Waals surface area contributed by atoms with Gasteiger partial charge in [0.05, 0.1) is 30.4 Å². The second-order valence-electron chi connectivity index (χ2n) is 4.91. The average Bonchev–Trinajstić information content (AvgIpc) is 3.04. The summed E-state index contributed by atoms with van der Waals surface area (Å²) in [6, 6.07) is 3.92. The van der Waals surface area contributed by atoms with Crippen LogP contribution < -0.4 is 0 Å². The summed E-state index contributed by atoms with van der Waals surface area (Å²) in [4.78, 5) is 11.8. The maximum Gasteiger partial charge on any atom is 0.338 e. The van der Waals surface area contributed by atoms with E-state index in [-0.39, 0.29) is 5.97 Å². The highest BCUT2D eigenvalue weighted by molar-refractivity contribution is 6.32. The van der Waals surface area contributed by atoms with Crippen LogP contribution in [-0.4, -0.2) is 22.9 Å². The second-order valence-corrected chi connectivity index (χ2v) is 5.34. The first-order valence-electron chi connectivity index (χ1n) is 6.46. The number of fused-ring (bicyclic) bond motifs is 1. The molecule has 0 spiro atoms. The maximum absolute atomic E-state index is 11.8. The first-order valence-corrected chi connectivity index (χ1v) is 6.83. The van der Waals surface area contributed by atoms with E-state index in [4.69, 9.17) is 16.3 Å². The third kappa shape index (κ3) is 2.10. The number of esters is 1. The number of ether oxygens (including phenoxy) is 1. The first-order chi connectivity index (χ1) is 9.20. The summed E-state index contributed by atoms with van der Waals surface area (Å²) in [5, 5.41) is 5.79. The fraction of sp³-hybridized carbons (Fsp3) is 0.429. The number of benzene rings is 1. The predicted molar refractivity (Wildman–Crippen MR) is 73.6 cm³/mol. The molecular weight excluding hydrogens is 264 g/mol. The first kappa shape index (κ1) is 12.5. The Balaban J connectivity index is 2.17. The Bertz CT molecular complexity index is 630. The van der Waals surface area contributed by atoms with Crippen molar-refractivity contribution in [3.8, 4) is 0 Å². The SMILES string of the molecule is COC(=O)c1cc(Cl)cc2c1cnn2C1CCCC1. The molecule has 5 heteroatoms. The largest absolute Gasteiger partial charge is 0.465 e. The van der Waals surface area contributed by atoms with Gasteiger partial charge in [-0.1, -0.05) is 24.4 Å². The number of rotatable bonds is 2. The van der Waals surface area contributed by atoms with Crippen molar-refractivity contribution in [3.05, 3.63) is 28.9 Å². The minimum atomic E-state index is -0.376. The predicted octanol–water partition coefficient (Wildman–Crippen LogP) is 3.59. The van der Waals surface area contributed by atoms with Crippen LogP contribution in [0.2, 0.25) is 5.02 Å². The van der Waals surface area contributed by atoms with Crippen LogP contribution in [0.5, 0.6) is 0 Å². The van der Waals surface area contributed by atoms with Crippen molar-refractivity contribution in [2.75, 3.05) is 7.11 Å². The van der Waals surface area contributed by atoms with Gasteiger partial charge in [0.25, 0.3) is 0 Å². The molecule has 0 radical (unpaired) electrons. The van der Waals surface area contributed by atoms with E-state index in [9.17, 15) is 4.79 Å². The lowest BCUT2D eigenvalue weighted by Gasteiger charge is -2.12. The molecule has 3 rings (SSSR count). The van der Waals surface area contributed by atoms with Gasteiger partial charge in [-0.15, -0.1) is 0 Å². The van der Waals surface area contributed by atoms with Crippen molar-refractivity contribution in [2.45, 2.75) is 31.7 Å². The van der Waals surface area contributed by atoms with E-state index in [1.165, 1.54) is 20.0 Å². The average molecular weight is 279 g/mol. The molecule has 0 atom stereocenters. The molecule has 0 bridgehead atoms. The Labute approximate surface area is 116 Å². The molecule has 0 amide bonds. The number of methoxy groups -OCH3 is 1. The fourth-order valence-electron chi connectivity index (χ4n) is 2.83. The molecule has 1 aromatic heterocycles. The lowest BCUT2D eigenvalue weighted by atomic mass is 10.1. The summed E-state index contributed by atoms with van der Waals surface area (Å²) < 4.78 is 6.80. The van der Waals surface area contributed by atoms with E-state index in [1.54, 1.807) is 12.3 Å². The monoisotopic (exact) mass is 278 g/mol. The van der Waals surface area contributed by atoms with Crippen LogP contribution >= 0.6 is 11.6 Å². The van der Waals surface area contributed by atoms with Gasteiger partial charge in [0, 0.05) is 10.4 Å². The van der Waals surface area contributed by atoms with Crippen molar-refractivity contribution in [1.29, 1.82) is 0 Å². The molecular formula is C14H15ClN2O2. The molecule has 19 heavy (non-hydrogen) atoms. The Hall–Kier alpha value is -1.55. The highest BCUT2D eigenvalue weighted by Crippen LogP contribution is 2.33. The zero-order valence-electron chi connectivity index (χ0n) is 10.7. The highest BCUT2D eigenvalue weighted by atomic mass is 35.5. The molecule has 1 aromatic carbocycles. The fourth-order valence-corrected chi connectivity index (χ4v) is 3.04. The number of hydrogen-bond donors (Lipinski definition) is 0. The van der Waals surface area contributed by atoms with Crippen LogP contribution in [0.25, 0.3) is 10.9 Å². The van der Waals surface area contributed by atoms with Gasteiger partial charge in [0.15, 0.2) is 0 Å². The molecule has 1 aliphatic rings. The van der Waals surface area contributed by atoms with Crippen LogP contribution in [0, 0.1) is 0 Å². The standard InChI is InChI=1S/C14H15ClN2O2/c1-19-14(18)11-6-9(15)7-13-12(11)8-16-17(13)10-4-2-3-5-10/h6-8,10H,2-5H2,1H3. The molecule has 1 aliphatic carbocycles. The lowest BCUT2D eigenvalue weighted by molar-refractivity contribution is 0.0603. The number of hydrogen-bond acceptors (Lipinski definition) is 3. The number of carbonyl (C=O) groups excluding carboxylic acids is 1. The molecule has 4 nitrogen and oxygen atoms in total. The quantitative estimate of drug-likeness (QED) is 0.789. The van der Waals surface area contributed by atoms with Crippen LogP contribution in [0.1, 0.15) is 42.1 Å². The van der Waals surface area contributed by atoms with E-state index < -0.39 is 0 Å². The minimum Gasteiger partial charge on any atom is -0.465 e. The molecule has 0 saturated heterocycles. The van der Waals surface area contributed by atoms with Gasteiger partial charge < -0.3 is 4.74 Å². The van der Waals surface area contributed by atoms with E-state index in [0.717, 1.165) is 23.7 Å². The summed E-state index contributed by atoms with van der Waals surface area (Å²) in [6.45, 7) is 0. The van der Waals surface area contributed by atoms with Gasteiger partial charge in [-0.2, -0.15) is 5.10 Å². The van der Waals surface area contributed by atoms with E-state index in [2.05, 4.69) is 5.10 Å². The van der Waals surface area contributed by atoms with Gasteiger partial charge in [-0.25, -0.2) is 4.79 Å². The zero-order chi connectivity index (χ0) is 13.4. The summed E-state index contributed by atoms with van der Waals surface area (Å²) in [5.74, 6) is -0.376. The molecule has 0 aliphatic heterocycles. The molecule has 100 valence electrons. The van der Waals surface area contributed by atoms with E-state index in [1.807, 2.05) is 10.7 Å². The number of halogens is 1. The van der Waals surface area contributed by atoms with Crippen LogP contribution in [0.4, 0.5) is 0 Å². The number of carbonyl (C=O) groups is 1. The van der Waals surface area contributed by atoms with Crippen molar-refractivity contribution in [2.24, 2.45) is 0 Å². The molecule has 1 heterocycles. The molecule has 1 saturated carbocycles. The third-order valence-electron chi connectivity index (χ3n) is 3.76. The zero-order valence-corrected chi connectivity index (χ0v) is 11.5. The summed E-state index contributed by atoms with van der Waals surface area (Å²) in [6.07, 6.45) is 6.47. The molecule has 0 unspecified atom stereocenters. The minimum absolute atomic E-state index is 0.376. The van der Waals surface area contributed by atoms with Gasteiger partial charge >= 0.3 is 5.97 Å². The Morgan fingerprint density at radius 2 is 2.16 bits per heavy atom. The number of aromatic nitrogens is 2. The maximum atomic E-state index is 11.8. The summed E-state index contributed by atoms with van der Waals surface area (Å²) >= 11 is 6.11.